The third kappa shape index (κ3) is 3.91. The zero-order valence-electron chi connectivity index (χ0n) is 27.1. The standard InChI is InChI=1S/C42H28O9/c1-17-18(2)36(44)39(47)34(35(17)43)26-14-9-20-7-12-24-22(11-6-19-8-13-25(26)31(20)30(19)24)23-4-3-5-28-33(23)27-15-10-21(16-29(27)51-28)32-37(45)40(48)42(50)41(49)38(32)46/h3-16,43-50H,1-2H3. The van der Waals surface area contributed by atoms with Crippen molar-refractivity contribution in [3.8, 4) is 79.4 Å². The van der Waals surface area contributed by atoms with Crippen LogP contribution in [-0.2, 0) is 0 Å². The Kier molecular flexibility index (Phi) is 6.05. The van der Waals surface area contributed by atoms with Crippen LogP contribution >= 0.6 is 0 Å². The Morgan fingerprint density at radius 1 is 0.392 bits per heavy atom. The molecule has 0 unspecified atom stereocenters. The minimum atomic E-state index is -1.03. The fraction of sp³-hybridized carbons (Fsp3) is 0.0476. The molecule has 0 fully saturated rings. The van der Waals surface area contributed by atoms with E-state index >= 15 is 0 Å². The quantitative estimate of drug-likeness (QED) is 0.0514. The van der Waals surface area contributed by atoms with Gasteiger partial charge in [-0.25, -0.2) is 0 Å². The number of phenols is 8. The summed E-state index contributed by atoms with van der Waals surface area (Å²) >= 11 is 0. The first kappa shape index (κ1) is 30.1. The maximum atomic E-state index is 11.2. The predicted molar refractivity (Wildman–Crippen MR) is 197 cm³/mol. The van der Waals surface area contributed by atoms with Gasteiger partial charge in [-0.1, -0.05) is 66.7 Å². The number of phenolic OH excluding ortho intramolecular Hbond substituents is 8. The van der Waals surface area contributed by atoms with E-state index in [0.717, 1.165) is 54.2 Å². The average Bonchev–Trinajstić information content (AvgIpc) is 3.52. The molecule has 8 aromatic carbocycles. The minimum Gasteiger partial charge on any atom is -0.507 e. The highest BCUT2D eigenvalue weighted by Gasteiger charge is 2.26. The Balaban J connectivity index is 1.29. The van der Waals surface area contributed by atoms with Crippen LogP contribution in [0.15, 0.2) is 89.3 Å². The van der Waals surface area contributed by atoms with E-state index in [9.17, 15) is 40.9 Å². The maximum Gasteiger partial charge on any atom is 0.208 e. The van der Waals surface area contributed by atoms with Crippen molar-refractivity contribution in [2.75, 3.05) is 0 Å². The predicted octanol–water partition coefficient (Wildman–Crippen LogP) is 9.75. The molecule has 0 aliphatic rings. The summed E-state index contributed by atoms with van der Waals surface area (Å²) in [4.78, 5) is 0. The normalized spacial score (nSPS) is 12.0. The molecule has 51 heavy (non-hydrogen) atoms. The van der Waals surface area contributed by atoms with Crippen molar-refractivity contribution in [2.24, 2.45) is 0 Å². The zero-order chi connectivity index (χ0) is 35.6. The first-order chi connectivity index (χ1) is 24.5. The van der Waals surface area contributed by atoms with Gasteiger partial charge in [0, 0.05) is 16.3 Å². The molecular formula is C42H28O9. The molecule has 0 aliphatic carbocycles. The van der Waals surface area contributed by atoms with Crippen molar-refractivity contribution in [3.05, 3.63) is 96.1 Å². The van der Waals surface area contributed by atoms with Crippen LogP contribution in [0.25, 0.3) is 87.6 Å². The van der Waals surface area contributed by atoms with Crippen LogP contribution in [0, 0.1) is 13.8 Å². The summed E-state index contributed by atoms with van der Waals surface area (Å²) in [6.07, 6.45) is 0. The van der Waals surface area contributed by atoms with Gasteiger partial charge in [0.1, 0.15) is 16.9 Å². The third-order valence-corrected chi connectivity index (χ3v) is 10.4. The van der Waals surface area contributed by atoms with Gasteiger partial charge < -0.3 is 45.3 Å². The number of benzene rings is 8. The van der Waals surface area contributed by atoms with E-state index < -0.39 is 28.7 Å². The molecule has 9 aromatic rings. The summed E-state index contributed by atoms with van der Waals surface area (Å²) in [7, 11) is 0. The SMILES string of the molecule is Cc1c(C)c(O)c(-c2ccc3ccc4c(-c5cccc6oc7cc(-c8c(O)c(O)c(O)c(O)c8O)ccc7c56)ccc5ccc2c3c54)c(O)c1O. The van der Waals surface area contributed by atoms with E-state index in [1.807, 2.05) is 48.5 Å². The number of aromatic hydroxyl groups is 8. The molecule has 9 heteroatoms. The molecule has 0 atom stereocenters. The van der Waals surface area contributed by atoms with Gasteiger partial charge in [0.05, 0.1) is 11.1 Å². The Labute approximate surface area is 288 Å². The molecule has 1 heterocycles. The van der Waals surface area contributed by atoms with Gasteiger partial charge in [0.15, 0.2) is 23.0 Å². The molecule has 0 radical (unpaired) electrons. The van der Waals surface area contributed by atoms with Crippen LogP contribution in [0.2, 0.25) is 0 Å². The van der Waals surface area contributed by atoms with E-state index in [2.05, 4.69) is 18.2 Å². The average molecular weight is 677 g/mol. The second-order valence-electron chi connectivity index (χ2n) is 12.9. The van der Waals surface area contributed by atoms with Gasteiger partial charge >= 0.3 is 0 Å². The third-order valence-electron chi connectivity index (χ3n) is 10.4. The highest BCUT2D eigenvalue weighted by atomic mass is 16.4. The number of furan rings is 1. The monoisotopic (exact) mass is 676 g/mol. The molecule has 8 N–H and O–H groups in total. The van der Waals surface area contributed by atoms with E-state index in [4.69, 9.17) is 4.42 Å². The van der Waals surface area contributed by atoms with Crippen molar-refractivity contribution in [1.29, 1.82) is 0 Å². The Hall–Kier alpha value is -7.00. The van der Waals surface area contributed by atoms with Gasteiger partial charge in [-0.2, -0.15) is 0 Å². The van der Waals surface area contributed by atoms with Crippen molar-refractivity contribution in [2.45, 2.75) is 13.8 Å². The van der Waals surface area contributed by atoms with E-state index in [1.165, 1.54) is 0 Å². The fourth-order valence-electron chi connectivity index (χ4n) is 7.62. The lowest BCUT2D eigenvalue weighted by Gasteiger charge is -2.19. The highest BCUT2D eigenvalue weighted by Crippen LogP contribution is 2.56. The summed E-state index contributed by atoms with van der Waals surface area (Å²) in [6, 6.07) is 26.7. The van der Waals surface area contributed by atoms with Crippen molar-refractivity contribution < 1.29 is 45.3 Å². The zero-order valence-corrected chi connectivity index (χ0v) is 27.1. The number of rotatable bonds is 3. The molecule has 250 valence electrons. The Morgan fingerprint density at radius 3 is 1.59 bits per heavy atom. The lowest BCUT2D eigenvalue weighted by molar-refractivity contribution is 0.330. The van der Waals surface area contributed by atoms with Gasteiger partial charge in [-0.3, -0.25) is 0 Å². The molecule has 9 nitrogen and oxygen atoms in total. The largest absolute Gasteiger partial charge is 0.507 e. The second-order valence-corrected chi connectivity index (χ2v) is 12.9. The van der Waals surface area contributed by atoms with Crippen LogP contribution in [-0.4, -0.2) is 40.9 Å². The van der Waals surface area contributed by atoms with Gasteiger partial charge in [0.2, 0.25) is 17.2 Å². The molecule has 0 spiro atoms. The lowest BCUT2D eigenvalue weighted by Crippen LogP contribution is -1.93. The fourth-order valence-corrected chi connectivity index (χ4v) is 7.62. The van der Waals surface area contributed by atoms with Crippen LogP contribution in [0.5, 0.6) is 46.0 Å². The molecule has 0 amide bonds. The first-order valence-electron chi connectivity index (χ1n) is 16.1. The molecule has 1 aromatic heterocycles. The lowest BCUT2D eigenvalue weighted by atomic mass is 9.85. The van der Waals surface area contributed by atoms with Gasteiger partial charge in [-0.05, 0) is 92.2 Å². The molecule has 0 saturated carbocycles. The molecule has 0 saturated heterocycles. The molecule has 9 rings (SSSR count). The summed E-state index contributed by atoms with van der Waals surface area (Å²) in [5, 5.41) is 91.4. The van der Waals surface area contributed by atoms with E-state index in [-0.39, 0.29) is 33.9 Å². The Morgan fingerprint density at radius 2 is 0.922 bits per heavy atom. The number of hydrogen-bond acceptors (Lipinski definition) is 9. The number of hydrogen-bond donors (Lipinski definition) is 8. The van der Waals surface area contributed by atoms with Crippen molar-refractivity contribution >= 4 is 54.3 Å². The number of fused-ring (bicyclic) bond motifs is 3. The maximum absolute atomic E-state index is 11.2. The summed E-state index contributed by atoms with van der Waals surface area (Å²) in [5.41, 5.74) is 4.42. The molecule has 0 aliphatic heterocycles. The highest BCUT2D eigenvalue weighted by molar-refractivity contribution is 6.29. The summed E-state index contributed by atoms with van der Waals surface area (Å²) in [5.74, 6) is -5.29. The van der Waals surface area contributed by atoms with Crippen LogP contribution in [0.1, 0.15) is 11.1 Å². The van der Waals surface area contributed by atoms with Crippen LogP contribution in [0.3, 0.4) is 0 Å². The van der Waals surface area contributed by atoms with Gasteiger partial charge in [0.25, 0.3) is 0 Å². The summed E-state index contributed by atoms with van der Waals surface area (Å²) < 4.78 is 6.28. The van der Waals surface area contributed by atoms with Gasteiger partial charge in [-0.15, -0.1) is 0 Å². The van der Waals surface area contributed by atoms with Crippen LogP contribution in [0.4, 0.5) is 0 Å². The smallest absolute Gasteiger partial charge is 0.208 e. The van der Waals surface area contributed by atoms with E-state index in [0.29, 0.717) is 27.9 Å². The van der Waals surface area contributed by atoms with Crippen molar-refractivity contribution in [1.82, 2.24) is 0 Å². The van der Waals surface area contributed by atoms with Crippen molar-refractivity contribution in [3.63, 3.8) is 0 Å². The second kappa shape index (κ2) is 10.3. The van der Waals surface area contributed by atoms with Crippen LogP contribution < -0.4 is 0 Å². The minimum absolute atomic E-state index is 0.0929. The molecule has 0 bridgehead atoms. The first-order valence-corrected chi connectivity index (χ1v) is 16.1. The molecular weight excluding hydrogens is 648 g/mol. The topological polar surface area (TPSA) is 175 Å². The Bertz CT molecular complexity index is 2910. The summed E-state index contributed by atoms with van der Waals surface area (Å²) in [6.45, 7) is 3.35. The van der Waals surface area contributed by atoms with E-state index in [1.54, 1.807) is 32.0 Å².